The van der Waals surface area contributed by atoms with Gasteiger partial charge in [0.1, 0.15) is 5.82 Å². The van der Waals surface area contributed by atoms with Crippen LogP contribution in [0.5, 0.6) is 0 Å². The zero-order chi connectivity index (χ0) is 19.3. The van der Waals surface area contributed by atoms with Crippen LogP contribution in [0.4, 0.5) is 5.82 Å². The van der Waals surface area contributed by atoms with Crippen molar-refractivity contribution in [2.45, 2.75) is 18.9 Å². The van der Waals surface area contributed by atoms with Crippen LogP contribution in [0.15, 0.2) is 71.8 Å². The molecule has 4 rings (SSSR count). The molecule has 1 saturated heterocycles. The maximum absolute atomic E-state index is 11.7. The molecule has 2 aromatic heterocycles. The molecule has 5 nitrogen and oxygen atoms in total. The van der Waals surface area contributed by atoms with Gasteiger partial charge in [-0.1, -0.05) is 30.3 Å². The van der Waals surface area contributed by atoms with Gasteiger partial charge < -0.3 is 14.6 Å². The van der Waals surface area contributed by atoms with E-state index >= 15 is 0 Å². The van der Waals surface area contributed by atoms with Gasteiger partial charge in [-0.05, 0) is 53.6 Å². The number of pyridine rings is 2. The molecule has 1 aliphatic rings. The topological polar surface area (TPSA) is 56.1 Å². The van der Waals surface area contributed by atoms with Gasteiger partial charge in [0.2, 0.25) is 5.56 Å². The second-order valence-electron chi connectivity index (χ2n) is 7.28. The van der Waals surface area contributed by atoms with E-state index in [9.17, 15) is 4.79 Å². The van der Waals surface area contributed by atoms with Crippen molar-refractivity contribution >= 4 is 5.82 Å². The minimum atomic E-state index is -0.0141. The van der Waals surface area contributed by atoms with E-state index in [0.717, 1.165) is 43.0 Å². The molecule has 0 bridgehead atoms. The summed E-state index contributed by atoms with van der Waals surface area (Å²) in [6.07, 6.45) is 5.74. The van der Waals surface area contributed by atoms with E-state index in [1.165, 1.54) is 5.56 Å². The fourth-order valence-electron chi connectivity index (χ4n) is 3.80. The first-order valence-corrected chi connectivity index (χ1v) is 9.73. The van der Waals surface area contributed by atoms with Gasteiger partial charge in [0.25, 0.3) is 0 Å². The van der Waals surface area contributed by atoms with Crippen LogP contribution in [0.3, 0.4) is 0 Å². The highest BCUT2D eigenvalue weighted by Gasteiger charge is 2.25. The van der Waals surface area contributed by atoms with Crippen molar-refractivity contribution in [3.8, 4) is 11.1 Å². The number of ether oxygens (including phenoxy) is 1. The van der Waals surface area contributed by atoms with Gasteiger partial charge in [0, 0.05) is 38.7 Å². The quantitative estimate of drug-likeness (QED) is 0.732. The second kappa shape index (κ2) is 8.40. The minimum Gasteiger partial charge on any atom is -0.381 e. The Balaban J connectivity index is 1.63. The number of aromatic nitrogens is 2. The summed E-state index contributed by atoms with van der Waals surface area (Å²) in [5.74, 6) is 1.34. The molecule has 0 amide bonds. The maximum atomic E-state index is 11.7. The highest BCUT2D eigenvalue weighted by atomic mass is 16.5. The Kier molecular flexibility index (Phi) is 5.53. The van der Waals surface area contributed by atoms with E-state index in [1.54, 1.807) is 17.7 Å². The molecule has 1 unspecified atom stereocenters. The van der Waals surface area contributed by atoms with Crippen molar-refractivity contribution in [3.63, 3.8) is 0 Å². The Morgan fingerprint density at radius 1 is 1.07 bits per heavy atom. The first-order chi connectivity index (χ1) is 13.7. The van der Waals surface area contributed by atoms with E-state index < -0.39 is 0 Å². The molecule has 1 atom stereocenters. The van der Waals surface area contributed by atoms with E-state index in [1.807, 2.05) is 30.6 Å². The molecule has 0 saturated carbocycles. The zero-order valence-electron chi connectivity index (χ0n) is 16.0. The fraction of sp³-hybridized carbons (Fsp3) is 0.304. The molecule has 3 heterocycles. The summed E-state index contributed by atoms with van der Waals surface area (Å²) < 4.78 is 7.16. The van der Waals surface area contributed by atoms with Crippen LogP contribution in [0.25, 0.3) is 11.1 Å². The Bertz CT molecular complexity index is 978. The number of nitrogens with one attached hydrogen (secondary N) is 1. The van der Waals surface area contributed by atoms with Crippen LogP contribution in [-0.2, 0) is 11.8 Å². The van der Waals surface area contributed by atoms with Crippen molar-refractivity contribution in [3.05, 3.63) is 82.9 Å². The predicted molar refractivity (Wildman–Crippen MR) is 111 cm³/mol. The van der Waals surface area contributed by atoms with E-state index in [4.69, 9.17) is 4.74 Å². The van der Waals surface area contributed by atoms with Crippen LogP contribution in [0.1, 0.15) is 24.4 Å². The molecule has 0 aliphatic carbocycles. The van der Waals surface area contributed by atoms with Crippen LogP contribution in [0.2, 0.25) is 0 Å². The number of nitrogens with zero attached hydrogens (tertiary/aromatic N) is 2. The Labute approximate surface area is 165 Å². The normalized spacial score (nSPS) is 15.9. The molecule has 1 fully saturated rings. The lowest BCUT2D eigenvalue weighted by atomic mass is 9.87. The highest BCUT2D eigenvalue weighted by Crippen LogP contribution is 2.33. The van der Waals surface area contributed by atoms with Crippen molar-refractivity contribution < 1.29 is 4.74 Å². The zero-order valence-corrected chi connectivity index (χ0v) is 16.0. The number of hydrogen-bond acceptors (Lipinski definition) is 4. The summed E-state index contributed by atoms with van der Waals surface area (Å²) in [5, 5.41) is 3.67. The SMILES string of the molecule is Cn1cc(-c2ccnc(NC(c3ccccc3)C3CCOCC3)c2)ccc1=O. The van der Waals surface area contributed by atoms with Gasteiger partial charge in [0.05, 0.1) is 6.04 Å². The summed E-state index contributed by atoms with van der Waals surface area (Å²) in [4.78, 5) is 16.2. The van der Waals surface area contributed by atoms with Crippen molar-refractivity contribution in [1.29, 1.82) is 0 Å². The molecule has 0 radical (unpaired) electrons. The van der Waals surface area contributed by atoms with Gasteiger partial charge in [-0.3, -0.25) is 4.79 Å². The maximum Gasteiger partial charge on any atom is 0.250 e. The van der Waals surface area contributed by atoms with Gasteiger partial charge in [0.15, 0.2) is 0 Å². The summed E-state index contributed by atoms with van der Waals surface area (Å²) in [6, 6.07) is 18.2. The second-order valence-corrected chi connectivity index (χ2v) is 7.28. The number of benzene rings is 1. The summed E-state index contributed by atoms with van der Waals surface area (Å²) in [5.41, 5.74) is 3.28. The predicted octanol–water partition coefficient (Wildman–Crippen LogP) is 4.03. The number of rotatable bonds is 5. The number of hydrogen-bond donors (Lipinski definition) is 1. The molecule has 1 N–H and O–H groups in total. The van der Waals surface area contributed by atoms with E-state index in [-0.39, 0.29) is 11.6 Å². The minimum absolute atomic E-state index is 0.0141. The van der Waals surface area contributed by atoms with Crippen LogP contribution in [0, 0.1) is 5.92 Å². The largest absolute Gasteiger partial charge is 0.381 e. The lowest BCUT2D eigenvalue weighted by Crippen LogP contribution is -2.27. The molecular formula is C23H25N3O2. The average molecular weight is 375 g/mol. The smallest absolute Gasteiger partial charge is 0.250 e. The van der Waals surface area contributed by atoms with Crippen LogP contribution < -0.4 is 10.9 Å². The van der Waals surface area contributed by atoms with Crippen molar-refractivity contribution in [1.82, 2.24) is 9.55 Å². The first-order valence-electron chi connectivity index (χ1n) is 9.73. The molecule has 1 aromatic carbocycles. The average Bonchev–Trinajstić information content (AvgIpc) is 2.75. The Hall–Kier alpha value is -2.92. The van der Waals surface area contributed by atoms with Crippen LogP contribution >= 0.6 is 0 Å². The number of aryl methyl sites for hydroxylation is 1. The third-order valence-electron chi connectivity index (χ3n) is 5.38. The lowest BCUT2D eigenvalue weighted by Gasteiger charge is -2.31. The molecule has 144 valence electrons. The lowest BCUT2D eigenvalue weighted by molar-refractivity contribution is 0.0605. The van der Waals surface area contributed by atoms with Gasteiger partial charge >= 0.3 is 0 Å². The van der Waals surface area contributed by atoms with Crippen LogP contribution in [-0.4, -0.2) is 22.8 Å². The third-order valence-corrected chi connectivity index (χ3v) is 5.38. The molecule has 1 aliphatic heterocycles. The first kappa shape index (κ1) is 18.4. The summed E-state index contributed by atoms with van der Waals surface area (Å²) in [6.45, 7) is 1.61. The van der Waals surface area contributed by atoms with Crippen molar-refractivity contribution in [2.75, 3.05) is 18.5 Å². The fourth-order valence-corrected chi connectivity index (χ4v) is 3.80. The Morgan fingerprint density at radius 3 is 2.61 bits per heavy atom. The van der Waals surface area contributed by atoms with Crippen molar-refractivity contribution in [2.24, 2.45) is 13.0 Å². The Morgan fingerprint density at radius 2 is 1.86 bits per heavy atom. The molecular weight excluding hydrogens is 350 g/mol. The van der Waals surface area contributed by atoms with Gasteiger partial charge in [-0.25, -0.2) is 4.98 Å². The highest BCUT2D eigenvalue weighted by molar-refractivity contribution is 5.65. The summed E-state index contributed by atoms with van der Waals surface area (Å²) in [7, 11) is 1.77. The standard InChI is InChI=1S/C23H25N3O2/c1-26-16-20(7-8-22(26)27)19-9-12-24-21(15-19)25-23(17-5-3-2-4-6-17)18-10-13-28-14-11-18/h2-9,12,15-16,18,23H,10-11,13-14H2,1H3,(H,24,25). The van der Waals surface area contributed by atoms with Gasteiger partial charge in [-0.2, -0.15) is 0 Å². The van der Waals surface area contributed by atoms with E-state index in [0.29, 0.717) is 5.92 Å². The molecule has 5 heteroatoms. The number of anilines is 1. The van der Waals surface area contributed by atoms with Gasteiger partial charge in [-0.15, -0.1) is 0 Å². The molecule has 0 spiro atoms. The summed E-state index contributed by atoms with van der Waals surface area (Å²) >= 11 is 0. The molecule has 28 heavy (non-hydrogen) atoms. The monoisotopic (exact) mass is 375 g/mol. The molecule has 3 aromatic rings. The third kappa shape index (κ3) is 4.15. The van der Waals surface area contributed by atoms with E-state index in [2.05, 4.69) is 40.6 Å².